The van der Waals surface area contributed by atoms with Gasteiger partial charge in [-0.1, -0.05) is 12.8 Å². The first-order chi connectivity index (χ1) is 7.18. The van der Waals surface area contributed by atoms with E-state index in [9.17, 15) is 4.79 Å². The van der Waals surface area contributed by atoms with Crippen LogP contribution in [0.1, 0.15) is 25.7 Å². The summed E-state index contributed by atoms with van der Waals surface area (Å²) in [5.74, 6) is 0.291. The van der Waals surface area contributed by atoms with Crippen LogP contribution in [0.3, 0.4) is 0 Å². The molecule has 0 aliphatic heterocycles. The van der Waals surface area contributed by atoms with Gasteiger partial charge < -0.3 is 16.2 Å². The van der Waals surface area contributed by atoms with Crippen molar-refractivity contribution in [2.75, 3.05) is 25.1 Å². The van der Waals surface area contributed by atoms with E-state index in [1.807, 2.05) is 11.8 Å². The number of carboxylic acid groups (broad SMARTS) is 1. The first kappa shape index (κ1) is 14.7. The topological polar surface area (TPSA) is 75.3 Å². The number of thioether (sulfide) groups is 1. The standard InChI is InChI=1S/C10H22N2O2S/c1-15-7-5-3-2-4-6-12-8-9(11)10(13)14/h9,12H,2-8,11H2,1H3,(H,13,14). The molecule has 0 spiro atoms. The first-order valence-corrected chi connectivity index (χ1v) is 6.76. The first-order valence-electron chi connectivity index (χ1n) is 5.36. The number of carboxylic acids is 1. The fourth-order valence-electron chi connectivity index (χ4n) is 1.19. The molecule has 5 heteroatoms. The Hall–Kier alpha value is -0.260. The number of carbonyl (C=O) groups is 1. The molecule has 1 unspecified atom stereocenters. The van der Waals surface area contributed by atoms with E-state index >= 15 is 0 Å². The van der Waals surface area contributed by atoms with Crippen molar-refractivity contribution < 1.29 is 9.90 Å². The number of nitrogens with two attached hydrogens (primary N) is 1. The lowest BCUT2D eigenvalue weighted by atomic mass is 10.2. The summed E-state index contributed by atoms with van der Waals surface area (Å²) in [7, 11) is 0. The van der Waals surface area contributed by atoms with E-state index in [1.165, 1.54) is 25.0 Å². The second kappa shape index (κ2) is 10.3. The molecule has 0 bridgehead atoms. The van der Waals surface area contributed by atoms with Crippen molar-refractivity contribution >= 4 is 17.7 Å². The number of nitrogens with one attached hydrogen (secondary N) is 1. The lowest BCUT2D eigenvalue weighted by Crippen LogP contribution is -2.40. The third kappa shape index (κ3) is 10.0. The molecule has 0 aliphatic carbocycles. The number of aliphatic carboxylic acids is 1. The van der Waals surface area contributed by atoms with Crippen LogP contribution in [0.15, 0.2) is 0 Å². The number of rotatable bonds is 10. The van der Waals surface area contributed by atoms with Crippen molar-refractivity contribution in [2.45, 2.75) is 31.7 Å². The molecule has 0 amide bonds. The average Bonchev–Trinajstić information content (AvgIpc) is 2.21. The van der Waals surface area contributed by atoms with Crippen molar-refractivity contribution in [1.29, 1.82) is 0 Å². The average molecular weight is 234 g/mol. The number of hydrogen-bond donors (Lipinski definition) is 3. The summed E-state index contributed by atoms with van der Waals surface area (Å²) in [4.78, 5) is 10.4. The Labute approximate surface area is 96.0 Å². The molecule has 4 nitrogen and oxygen atoms in total. The van der Waals surface area contributed by atoms with Gasteiger partial charge in [-0.15, -0.1) is 0 Å². The van der Waals surface area contributed by atoms with Crippen molar-refractivity contribution in [3.63, 3.8) is 0 Å². The zero-order valence-corrected chi connectivity index (χ0v) is 10.2. The third-order valence-electron chi connectivity index (χ3n) is 2.13. The Morgan fingerprint density at radius 1 is 1.40 bits per heavy atom. The van der Waals surface area contributed by atoms with Crippen LogP contribution in [0.5, 0.6) is 0 Å². The molecule has 0 rings (SSSR count). The van der Waals surface area contributed by atoms with Crippen LogP contribution in [-0.4, -0.2) is 42.2 Å². The van der Waals surface area contributed by atoms with Crippen LogP contribution in [-0.2, 0) is 4.79 Å². The van der Waals surface area contributed by atoms with Gasteiger partial charge in [-0.05, 0) is 31.4 Å². The molecular formula is C10H22N2O2S. The van der Waals surface area contributed by atoms with Crippen LogP contribution in [0.2, 0.25) is 0 Å². The Balaban J connectivity index is 3.08. The highest BCUT2D eigenvalue weighted by atomic mass is 32.2. The summed E-state index contributed by atoms with van der Waals surface area (Å²) in [6.45, 7) is 1.22. The predicted octanol–water partition coefficient (Wildman–Crippen LogP) is 0.911. The molecule has 4 N–H and O–H groups in total. The van der Waals surface area contributed by atoms with E-state index in [0.717, 1.165) is 13.0 Å². The highest BCUT2D eigenvalue weighted by Crippen LogP contribution is 2.03. The maximum Gasteiger partial charge on any atom is 0.321 e. The number of unbranched alkanes of at least 4 members (excludes halogenated alkanes) is 3. The fraction of sp³-hybridized carbons (Fsp3) is 0.900. The molecule has 1 atom stereocenters. The number of hydrogen-bond acceptors (Lipinski definition) is 4. The Bertz CT molecular complexity index is 168. The molecule has 0 aromatic heterocycles. The molecule has 0 saturated heterocycles. The smallest absolute Gasteiger partial charge is 0.321 e. The van der Waals surface area contributed by atoms with Crippen molar-refractivity contribution in [2.24, 2.45) is 5.73 Å². The van der Waals surface area contributed by atoms with E-state index in [4.69, 9.17) is 10.8 Å². The summed E-state index contributed by atoms with van der Waals surface area (Å²) in [5, 5.41) is 11.6. The SMILES string of the molecule is CSCCCCCCNCC(N)C(=O)O. The van der Waals surface area contributed by atoms with Gasteiger partial charge in [0.25, 0.3) is 0 Å². The van der Waals surface area contributed by atoms with Gasteiger partial charge in [0.2, 0.25) is 0 Å². The van der Waals surface area contributed by atoms with E-state index in [0.29, 0.717) is 6.54 Å². The van der Waals surface area contributed by atoms with Crippen LogP contribution in [0.25, 0.3) is 0 Å². The summed E-state index contributed by atoms with van der Waals surface area (Å²) in [5.41, 5.74) is 5.33. The largest absolute Gasteiger partial charge is 0.480 e. The van der Waals surface area contributed by atoms with E-state index in [2.05, 4.69) is 11.6 Å². The zero-order chi connectivity index (χ0) is 11.5. The van der Waals surface area contributed by atoms with Crippen molar-refractivity contribution in [3.8, 4) is 0 Å². The minimum atomic E-state index is -0.942. The minimum absolute atomic E-state index is 0.361. The van der Waals surface area contributed by atoms with Crippen LogP contribution in [0, 0.1) is 0 Å². The fourth-order valence-corrected chi connectivity index (χ4v) is 1.69. The van der Waals surface area contributed by atoms with Crippen molar-refractivity contribution in [3.05, 3.63) is 0 Å². The summed E-state index contributed by atoms with van der Waals surface area (Å²) in [6.07, 6.45) is 6.95. The van der Waals surface area contributed by atoms with E-state index < -0.39 is 12.0 Å². The summed E-state index contributed by atoms with van der Waals surface area (Å²) in [6, 6.07) is -0.776. The summed E-state index contributed by atoms with van der Waals surface area (Å²) >= 11 is 1.88. The van der Waals surface area contributed by atoms with Gasteiger partial charge >= 0.3 is 5.97 Å². The molecule has 0 radical (unpaired) electrons. The molecule has 0 aliphatic rings. The quantitative estimate of drug-likeness (QED) is 0.490. The van der Waals surface area contributed by atoms with Gasteiger partial charge in [0.15, 0.2) is 0 Å². The lowest BCUT2D eigenvalue weighted by Gasteiger charge is -2.07. The zero-order valence-electron chi connectivity index (χ0n) is 9.37. The molecular weight excluding hydrogens is 212 g/mol. The normalized spacial score (nSPS) is 12.7. The van der Waals surface area contributed by atoms with Crippen LogP contribution in [0.4, 0.5) is 0 Å². The molecule has 0 saturated carbocycles. The third-order valence-corrected chi connectivity index (χ3v) is 2.83. The van der Waals surface area contributed by atoms with Gasteiger partial charge in [-0.3, -0.25) is 4.79 Å². The maximum absolute atomic E-state index is 10.4. The molecule has 90 valence electrons. The highest BCUT2D eigenvalue weighted by molar-refractivity contribution is 7.98. The van der Waals surface area contributed by atoms with Gasteiger partial charge in [-0.2, -0.15) is 11.8 Å². The highest BCUT2D eigenvalue weighted by Gasteiger charge is 2.09. The predicted molar refractivity (Wildman–Crippen MR) is 65.3 cm³/mol. The van der Waals surface area contributed by atoms with Gasteiger partial charge in [0.1, 0.15) is 6.04 Å². The van der Waals surface area contributed by atoms with Gasteiger partial charge in [-0.25, -0.2) is 0 Å². The second-order valence-corrected chi connectivity index (χ2v) is 4.54. The van der Waals surface area contributed by atoms with Crippen molar-refractivity contribution in [1.82, 2.24) is 5.32 Å². The van der Waals surface area contributed by atoms with E-state index in [-0.39, 0.29) is 0 Å². The molecule has 0 aromatic carbocycles. The maximum atomic E-state index is 10.4. The monoisotopic (exact) mass is 234 g/mol. The molecule has 0 fully saturated rings. The van der Waals surface area contributed by atoms with Gasteiger partial charge in [0.05, 0.1) is 0 Å². The molecule has 15 heavy (non-hydrogen) atoms. The summed E-state index contributed by atoms with van der Waals surface area (Å²) < 4.78 is 0. The second-order valence-electron chi connectivity index (χ2n) is 3.56. The lowest BCUT2D eigenvalue weighted by molar-refractivity contribution is -0.138. The molecule has 0 aromatic rings. The van der Waals surface area contributed by atoms with E-state index in [1.54, 1.807) is 0 Å². The Kier molecular flexibility index (Phi) is 10.1. The van der Waals surface area contributed by atoms with Crippen LogP contribution >= 0.6 is 11.8 Å². The Morgan fingerprint density at radius 2 is 2.07 bits per heavy atom. The minimum Gasteiger partial charge on any atom is -0.480 e. The van der Waals surface area contributed by atoms with Gasteiger partial charge in [0, 0.05) is 6.54 Å². The van der Waals surface area contributed by atoms with Crippen LogP contribution < -0.4 is 11.1 Å². The molecule has 0 heterocycles. The Morgan fingerprint density at radius 3 is 2.67 bits per heavy atom.